The second-order valence-electron chi connectivity index (χ2n) is 7.23. The summed E-state index contributed by atoms with van der Waals surface area (Å²) in [6.45, 7) is 0.769. The Morgan fingerprint density at radius 3 is 2.83 bits per heavy atom. The van der Waals surface area contributed by atoms with E-state index >= 15 is 0 Å². The van der Waals surface area contributed by atoms with Gasteiger partial charge in [-0.25, -0.2) is 0 Å². The average molecular weight is 393 g/mol. The van der Waals surface area contributed by atoms with Crippen LogP contribution in [0.25, 0.3) is 0 Å². The number of carbonyl (C=O) groups is 3. The summed E-state index contributed by atoms with van der Waals surface area (Å²) in [5.74, 6) is 0.0937. The van der Waals surface area contributed by atoms with Gasteiger partial charge in [-0.2, -0.15) is 0 Å². The number of anilines is 1. The number of nitrogens with one attached hydrogen (secondary N) is 1. The van der Waals surface area contributed by atoms with Crippen LogP contribution in [0.5, 0.6) is 5.75 Å². The number of hydrogen-bond acceptors (Lipinski definition) is 4. The number of methoxy groups -OCH3 is 1. The van der Waals surface area contributed by atoms with Crippen molar-refractivity contribution in [1.82, 2.24) is 10.2 Å². The molecule has 29 heavy (non-hydrogen) atoms. The van der Waals surface area contributed by atoms with Crippen molar-refractivity contribution in [2.75, 3.05) is 25.1 Å². The van der Waals surface area contributed by atoms with Gasteiger partial charge in [0.15, 0.2) is 0 Å². The molecule has 0 aromatic heterocycles. The van der Waals surface area contributed by atoms with E-state index in [1.807, 2.05) is 24.3 Å². The maximum Gasteiger partial charge on any atom is 0.256 e. The summed E-state index contributed by atoms with van der Waals surface area (Å²) in [6.07, 6.45) is 1.42. The van der Waals surface area contributed by atoms with Crippen LogP contribution in [0.1, 0.15) is 28.8 Å². The molecular weight excluding hydrogens is 370 g/mol. The number of carbonyl (C=O) groups excluding carboxylic acids is 3. The topological polar surface area (TPSA) is 79.0 Å². The molecule has 0 saturated carbocycles. The Morgan fingerprint density at radius 2 is 2.00 bits per heavy atom. The van der Waals surface area contributed by atoms with Gasteiger partial charge in [0.2, 0.25) is 11.8 Å². The minimum Gasteiger partial charge on any atom is -0.497 e. The Kier molecular flexibility index (Phi) is 5.20. The molecule has 7 heteroatoms. The standard InChI is InChI=1S/C22H23N3O4/c1-29-16-7-4-6-15(12-16)13-23-20(26)14-25-18-9-3-2-8-17(18)21(27)24-11-5-10-19(24)22(25)28/h2-4,6-9,12,19H,5,10-11,13-14H2,1H3,(H,23,26)/t19-/m0/s1. The van der Waals surface area contributed by atoms with Gasteiger partial charge in [0, 0.05) is 13.1 Å². The summed E-state index contributed by atoms with van der Waals surface area (Å²) in [5, 5.41) is 2.85. The Bertz CT molecular complexity index is 959. The molecule has 3 amide bonds. The fraction of sp³-hybridized carbons (Fsp3) is 0.318. The fourth-order valence-corrected chi connectivity index (χ4v) is 3.96. The van der Waals surface area contributed by atoms with E-state index in [2.05, 4.69) is 5.32 Å². The number of nitrogens with zero attached hydrogens (tertiary/aromatic N) is 2. The van der Waals surface area contributed by atoms with Gasteiger partial charge < -0.3 is 19.9 Å². The number of amides is 3. The third kappa shape index (κ3) is 3.68. The number of ether oxygens (including phenoxy) is 1. The van der Waals surface area contributed by atoms with Gasteiger partial charge in [0.25, 0.3) is 5.91 Å². The molecule has 2 aliphatic rings. The van der Waals surface area contributed by atoms with Gasteiger partial charge in [-0.3, -0.25) is 14.4 Å². The maximum atomic E-state index is 13.2. The van der Waals surface area contributed by atoms with Crippen LogP contribution in [0.2, 0.25) is 0 Å². The van der Waals surface area contributed by atoms with E-state index in [-0.39, 0.29) is 24.3 Å². The van der Waals surface area contributed by atoms with E-state index in [0.29, 0.717) is 36.5 Å². The SMILES string of the molecule is COc1cccc(CNC(=O)CN2C(=O)[C@@H]3CCCN3C(=O)c3ccccc32)c1. The molecule has 0 radical (unpaired) electrons. The van der Waals surface area contributed by atoms with Crippen LogP contribution in [0.3, 0.4) is 0 Å². The third-order valence-corrected chi connectivity index (χ3v) is 5.42. The quantitative estimate of drug-likeness (QED) is 0.842. The van der Waals surface area contributed by atoms with Crippen molar-refractivity contribution in [3.8, 4) is 5.75 Å². The second-order valence-corrected chi connectivity index (χ2v) is 7.23. The zero-order chi connectivity index (χ0) is 20.4. The molecular formula is C22H23N3O4. The van der Waals surface area contributed by atoms with Crippen molar-refractivity contribution < 1.29 is 19.1 Å². The molecule has 4 rings (SSSR count). The van der Waals surface area contributed by atoms with Crippen LogP contribution in [0, 0.1) is 0 Å². The zero-order valence-corrected chi connectivity index (χ0v) is 16.3. The normalized spacial score (nSPS) is 18.2. The Labute approximate surface area is 169 Å². The number of benzene rings is 2. The van der Waals surface area contributed by atoms with Crippen molar-refractivity contribution in [2.45, 2.75) is 25.4 Å². The van der Waals surface area contributed by atoms with Gasteiger partial charge in [0.1, 0.15) is 18.3 Å². The average Bonchev–Trinajstić information content (AvgIpc) is 3.22. The molecule has 0 bridgehead atoms. The van der Waals surface area contributed by atoms with Crippen molar-refractivity contribution >= 4 is 23.4 Å². The molecule has 1 fully saturated rings. The van der Waals surface area contributed by atoms with E-state index in [9.17, 15) is 14.4 Å². The van der Waals surface area contributed by atoms with Crippen LogP contribution >= 0.6 is 0 Å². The van der Waals surface area contributed by atoms with Crippen LogP contribution in [0.4, 0.5) is 5.69 Å². The van der Waals surface area contributed by atoms with Gasteiger partial charge in [0.05, 0.1) is 18.4 Å². The molecule has 0 spiro atoms. The van der Waals surface area contributed by atoms with Gasteiger partial charge in [-0.15, -0.1) is 0 Å². The molecule has 2 aliphatic heterocycles. The largest absolute Gasteiger partial charge is 0.497 e. The lowest BCUT2D eigenvalue weighted by atomic mass is 10.1. The van der Waals surface area contributed by atoms with E-state index in [1.54, 1.807) is 36.3 Å². The first kappa shape index (κ1) is 19.0. The first-order chi connectivity index (χ1) is 14.1. The molecule has 7 nitrogen and oxygen atoms in total. The highest BCUT2D eigenvalue weighted by molar-refractivity contribution is 6.12. The molecule has 2 aromatic carbocycles. The predicted molar refractivity (Wildman–Crippen MR) is 108 cm³/mol. The van der Waals surface area contributed by atoms with Crippen molar-refractivity contribution in [2.24, 2.45) is 0 Å². The highest BCUT2D eigenvalue weighted by Crippen LogP contribution is 2.32. The molecule has 150 valence electrons. The molecule has 1 atom stereocenters. The summed E-state index contributed by atoms with van der Waals surface area (Å²) < 4.78 is 5.20. The monoisotopic (exact) mass is 393 g/mol. The van der Waals surface area contributed by atoms with Crippen LogP contribution in [-0.4, -0.2) is 48.9 Å². The Hall–Kier alpha value is -3.35. The number of fused-ring (bicyclic) bond motifs is 2. The highest BCUT2D eigenvalue weighted by Gasteiger charge is 2.42. The Morgan fingerprint density at radius 1 is 1.17 bits per heavy atom. The lowest BCUT2D eigenvalue weighted by molar-refractivity contribution is -0.125. The summed E-state index contributed by atoms with van der Waals surface area (Å²) in [4.78, 5) is 41.8. The fourth-order valence-electron chi connectivity index (χ4n) is 3.96. The lowest BCUT2D eigenvalue weighted by Crippen LogP contribution is -2.48. The summed E-state index contributed by atoms with van der Waals surface area (Å²) >= 11 is 0. The van der Waals surface area contributed by atoms with Gasteiger partial charge in [-0.1, -0.05) is 24.3 Å². The highest BCUT2D eigenvalue weighted by atomic mass is 16.5. The van der Waals surface area contributed by atoms with Crippen molar-refractivity contribution in [1.29, 1.82) is 0 Å². The smallest absolute Gasteiger partial charge is 0.256 e. The molecule has 2 aromatic rings. The van der Waals surface area contributed by atoms with E-state index in [1.165, 1.54) is 4.90 Å². The number of rotatable bonds is 5. The van der Waals surface area contributed by atoms with Crippen LogP contribution in [0.15, 0.2) is 48.5 Å². The third-order valence-electron chi connectivity index (χ3n) is 5.42. The lowest BCUT2D eigenvalue weighted by Gasteiger charge is -2.25. The van der Waals surface area contributed by atoms with Gasteiger partial charge >= 0.3 is 0 Å². The number of para-hydroxylation sites is 1. The van der Waals surface area contributed by atoms with Crippen LogP contribution in [-0.2, 0) is 16.1 Å². The van der Waals surface area contributed by atoms with Gasteiger partial charge in [-0.05, 0) is 42.7 Å². The summed E-state index contributed by atoms with van der Waals surface area (Å²) in [7, 11) is 1.59. The molecule has 0 unspecified atom stereocenters. The van der Waals surface area contributed by atoms with E-state index < -0.39 is 6.04 Å². The minimum absolute atomic E-state index is 0.128. The van der Waals surface area contributed by atoms with E-state index in [0.717, 1.165) is 12.0 Å². The first-order valence-electron chi connectivity index (χ1n) is 9.69. The maximum absolute atomic E-state index is 13.2. The van der Waals surface area contributed by atoms with Crippen molar-refractivity contribution in [3.63, 3.8) is 0 Å². The van der Waals surface area contributed by atoms with E-state index in [4.69, 9.17) is 4.74 Å². The summed E-state index contributed by atoms with van der Waals surface area (Å²) in [5.41, 5.74) is 1.86. The Balaban J connectivity index is 1.53. The minimum atomic E-state index is -0.499. The number of hydrogen-bond donors (Lipinski definition) is 1. The van der Waals surface area contributed by atoms with Crippen LogP contribution < -0.4 is 15.0 Å². The molecule has 0 aliphatic carbocycles. The summed E-state index contributed by atoms with van der Waals surface area (Å²) in [6, 6.07) is 13.9. The zero-order valence-electron chi connectivity index (χ0n) is 16.3. The van der Waals surface area contributed by atoms with Crippen molar-refractivity contribution in [3.05, 3.63) is 59.7 Å². The molecule has 1 N–H and O–H groups in total. The predicted octanol–water partition coefficient (Wildman–Crippen LogP) is 1.96. The second kappa shape index (κ2) is 7.95. The molecule has 2 heterocycles. The first-order valence-corrected chi connectivity index (χ1v) is 9.69. The molecule has 1 saturated heterocycles.